The molecule has 1 aromatic rings. The van der Waals surface area contributed by atoms with Crippen molar-refractivity contribution in [2.45, 2.75) is 19.5 Å². The molecule has 102 valence electrons. The summed E-state index contributed by atoms with van der Waals surface area (Å²) in [6.07, 6.45) is -3.66. The molecule has 0 aromatic carbocycles. The zero-order valence-electron chi connectivity index (χ0n) is 9.27. The molecule has 0 atom stereocenters. The second-order valence-electron chi connectivity index (χ2n) is 3.25. The van der Waals surface area contributed by atoms with Gasteiger partial charge in [-0.3, -0.25) is 4.28 Å². The summed E-state index contributed by atoms with van der Waals surface area (Å²) in [7, 11) is -4.11. The van der Waals surface area contributed by atoms with Crippen molar-refractivity contribution in [2.24, 2.45) is 5.16 Å². The number of halogens is 3. The van der Waals surface area contributed by atoms with Crippen LogP contribution in [0.25, 0.3) is 0 Å². The third-order valence-corrected chi connectivity index (χ3v) is 2.93. The number of hydrogen-bond acceptors (Lipinski definition) is 5. The largest absolute Gasteiger partial charge is 0.463 e. The van der Waals surface area contributed by atoms with Crippen molar-refractivity contribution in [1.82, 2.24) is 0 Å². The highest BCUT2D eigenvalue weighted by Gasteiger charge is 2.40. The van der Waals surface area contributed by atoms with Crippen molar-refractivity contribution < 1.29 is 30.3 Å². The molecule has 0 aliphatic rings. The van der Waals surface area contributed by atoms with E-state index in [2.05, 4.69) is 13.9 Å². The van der Waals surface area contributed by atoms with Crippen LogP contribution in [0.15, 0.2) is 28.0 Å². The summed E-state index contributed by atoms with van der Waals surface area (Å²) in [6, 6.07) is 2.22. The lowest BCUT2D eigenvalue weighted by molar-refractivity contribution is -0.0605. The Morgan fingerprint density at radius 2 is 2.17 bits per heavy atom. The topological polar surface area (TPSA) is 68.9 Å². The fraction of sp³-hybridized carbons (Fsp3) is 0.444. The lowest BCUT2D eigenvalue weighted by atomic mass is 10.3. The molecular weight excluding hydrogens is 275 g/mol. The van der Waals surface area contributed by atoms with Crippen LogP contribution in [-0.2, 0) is 14.4 Å². The van der Waals surface area contributed by atoms with E-state index in [1.54, 1.807) is 6.92 Å². The first kappa shape index (κ1) is 14.6. The highest BCUT2D eigenvalue weighted by atomic mass is 32.2. The zero-order valence-corrected chi connectivity index (χ0v) is 10.1. The fourth-order valence-electron chi connectivity index (χ4n) is 1.03. The molecule has 1 aromatic heterocycles. The van der Waals surface area contributed by atoms with Crippen LogP contribution in [0.1, 0.15) is 19.1 Å². The molecule has 9 heteroatoms. The molecule has 0 saturated heterocycles. The minimum Gasteiger partial charge on any atom is -0.463 e. The van der Waals surface area contributed by atoms with Crippen LogP contribution in [0.3, 0.4) is 0 Å². The van der Waals surface area contributed by atoms with Gasteiger partial charge in [-0.15, -0.1) is 0 Å². The van der Waals surface area contributed by atoms with Gasteiger partial charge in [0.25, 0.3) is 0 Å². The van der Waals surface area contributed by atoms with E-state index in [9.17, 15) is 21.6 Å². The molecule has 0 N–H and O–H groups in total. The van der Waals surface area contributed by atoms with Gasteiger partial charge in [0.05, 0.1) is 12.0 Å². The molecule has 0 aliphatic heterocycles. The first-order chi connectivity index (χ1) is 8.26. The van der Waals surface area contributed by atoms with Gasteiger partial charge in [0, 0.05) is 0 Å². The third-order valence-electron chi connectivity index (χ3n) is 1.72. The maximum absolute atomic E-state index is 12.6. The number of rotatable bonds is 5. The van der Waals surface area contributed by atoms with Gasteiger partial charge in [0.1, 0.15) is 0 Å². The minimum absolute atomic E-state index is 0.208. The Hall–Kier alpha value is -1.51. The summed E-state index contributed by atoms with van der Waals surface area (Å²) in [6.45, 7) is 1.54. The van der Waals surface area contributed by atoms with Gasteiger partial charge >= 0.3 is 16.3 Å². The molecule has 0 saturated carbocycles. The van der Waals surface area contributed by atoms with Gasteiger partial charge in [0.2, 0.25) is 5.71 Å². The molecule has 1 rings (SSSR count). The van der Waals surface area contributed by atoms with Gasteiger partial charge in [-0.2, -0.15) is 21.6 Å². The molecule has 0 bridgehead atoms. The van der Waals surface area contributed by atoms with E-state index in [-0.39, 0.29) is 6.42 Å². The van der Waals surface area contributed by atoms with Crippen LogP contribution >= 0.6 is 0 Å². The molecule has 18 heavy (non-hydrogen) atoms. The van der Waals surface area contributed by atoms with Crippen molar-refractivity contribution >= 4 is 15.8 Å². The molecule has 0 spiro atoms. The Bertz CT molecular complexity index is 504. The first-order valence-electron chi connectivity index (χ1n) is 4.86. The Labute approximate surface area is 101 Å². The van der Waals surface area contributed by atoms with Crippen LogP contribution in [0.4, 0.5) is 13.2 Å². The summed E-state index contributed by atoms with van der Waals surface area (Å²) in [5, 5.41) is 2.64. The fourth-order valence-corrected chi connectivity index (χ4v) is 1.79. The van der Waals surface area contributed by atoms with Gasteiger partial charge < -0.3 is 4.42 Å². The van der Waals surface area contributed by atoms with Crippen molar-refractivity contribution in [3.8, 4) is 0 Å². The molecule has 1 heterocycles. The third kappa shape index (κ3) is 4.06. The van der Waals surface area contributed by atoms with Crippen molar-refractivity contribution in [1.29, 1.82) is 0 Å². The number of furan rings is 1. The quantitative estimate of drug-likeness (QED) is 0.615. The molecular formula is C9H10F3NO4S. The molecule has 0 aliphatic carbocycles. The lowest BCUT2D eigenvalue weighted by Gasteiger charge is -2.07. The number of hydrogen-bond donors (Lipinski definition) is 0. The van der Waals surface area contributed by atoms with E-state index in [0.717, 1.165) is 12.3 Å². The van der Waals surface area contributed by atoms with Crippen molar-refractivity contribution in [2.75, 3.05) is 5.75 Å². The number of alkyl halides is 3. The smallest absolute Gasteiger partial charge is 0.440 e. The van der Waals surface area contributed by atoms with Gasteiger partial charge in [-0.25, -0.2) is 0 Å². The Morgan fingerprint density at radius 3 is 2.61 bits per heavy atom. The van der Waals surface area contributed by atoms with Crippen LogP contribution < -0.4 is 0 Å². The highest BCUT2D eigenvalue weighted by Crippen LogP contribution is 2.23. The van der Waals surface area contributed by atoms with E-state index in [1.165, 1.54) is 6.07 Å². The highest BCUT2D eigenvalue weighted by molar-refractivity contribution is 7.86. The summed E-state index contributed by atoms with van der Waals surface area (Å²) in [4.78, 5) is 0. The van der Waals surface area contributed by atoms with Crippen LogP contribution in [-0.4, -0.2) is 26.1 Å². The predicted molar refractivity (Wildman–Crippen MR) is 56.5 cm³/mol. The van der Waals surface area contributed by atoms with Gasteiger partial charge in [-0.1, -0.05) is 12.1 Å². The average Bonchev–Trinajstić information content (AvgIpc) is 2.68. The van der Waals surface area contributed by atoms with Gasteiger partial charge in [-0.05, 0) is 18.6 Å². The standard InChI is InChI=1S/C9H10F3NO4S/c1-2-6-18(14,15)17-13-8(9(10,11)12)7-4-3-5-16-7/h3-5H,2,6H2,1H3. The van der Waals surface area contributed by atoms with Crippen molar-refractivity contribution in [3.05, 3.63) is 24.2 Å². The van der Waals surface area contributed by atoms with E-state index in [1.807, 2.05) is 0 Å². The average molecular weight is 285 g/mol. The van der Waals surface area contributed by atoms with Crippen molar-refractivity contribution in [3.63, 3.8) is 0 Å². The van der Waals surface area contributed by atoms with E-state index in [4.69, 9.17) is 0 Å². The summed E-state index contributed by atoms with van der Waals surface area (Å²) in [5.41, 5.74) is -1.54. The second-order valence-corrected chi connectivity index (χ2v) is 4.92. The summed E-state index contributed by atoms with van der Waals surface area (Å²) >= 11 is 0. The Balaban J connectivity index is 3.00. The molecule has 0 unspecified atom stereocenters. The number of oxime groups is 1. The minimum atomic E-state index is -4.88. The first-order valence-corrected chi connectivity index (χ1v) is 6.44. The van der Waals surface area contributed by atoms with E-state index < -0.39 is 33.5 Å². The molecule has 0 radical (unpaired) electrons. The normalized spacial score (nSPS) is 13.7. The van der Waals surface area contributed by atoms with E-state index >= 15 is 0 Å². The van der Waals surface area contributed by atoms with Gasteiger partial charge in [0.15, 0.2) is 5.76 Å². The number of nitrogens with zero attached hydrogens (tertiary/aromatic N) is 1. The zero-order chi connectivity index (χ0) is 13.8. The predicted octanol–water partition coefficient (Wildman–Crippen LogP) is 2.30. The lowest BCUT2D eigenvalue weighted by Crippen LogP contribution is -2.24. The molecule has 5 nitrogen and oxygen atoms in total. The van der Waals surface area contributed by atoms with Crippen LogP contribution in [0.2, 0.25) is 0 Å². The summed E-state index contributed by atoms with van der Waals surface area (Å²) < 4.78 is 68.4. The summed E-state index contributed by atoms with van der Waals surface area (Å²) in [5.74, 6) is -1.03. The van der Waals surface area contributed by atoms with Crippen LogP contribution in [0.5, 0.6) is 0 Å². The monoisotopic (exact) mass is 285 g/mol. The Kier molecular flexibility index (Phi) is 4.38. The second kappa shape index (κ2) is 5.42. The SMILES string of the molecule is CCCS(=O)(=O)ON=C(c1ccco1)C(F)(F)F. The van der Waals surface area contributed by atoms with Crippen LogP contribution in [0, 0.1) is 0 Å². The molecule has 0 fully saturated rings. The maximum atomic E-state index is 12.6. The van der Waals surface area contributed by atoms with E-state index in [0.29, 0.717) is 0 Å². The molecule has 0 amide bonds. The maximum Gasteiger partial charge on any atom is 0.440 e. The Morgan fingerprint density at radius 1 is 1.50 bits per heavy atom.